The largest absolute Gasteiger partial charge is 0.317 e. The Kier molecular flexibility index (Phi) is 3.25. The highest BCUT2D eigenvalue weighted by molar-refractivity contribution is 5.51. The Morgan fingerprint density at radius 1 is 1.25 bits per heavy atom. The Hall–Kier alpha value is -1.77. The van der Waals surface area contributed by atoms with Gasteiger partial charge in [0.05, 0.1) is 11.6 Å². The van der Waals surface area contributed by atoms with Gasteiger partial charge in [0.25, 0.3) is 0 Å². The Labute approximate surface area is 96.3 Å². The molecule has 1 fully saturated rings. The van der Waals surface area contributed by atoms with Crippen LogP contribution in [0.25, 0.3) is 0 Å². The molecule has 1 saturated heterocycles. The van der Waals surface area contributed by atoms with E-state index in [1.54, 1.807) is 0 Å². The van der Waals surface area contributed by atoms with E-state index in [0.717, 1.165) is 42.6 Å². The molecule has 0 saturated carbocycles. The van der Waals surface area contributed by atoms with E-state index in [4.69, 9.17) is 11.7 Å². The van der Waals surface area contributed by atoms with Gasteiger partial charge >= 0.3 is 0 Å². The van der Waals surface area contributed by atoms with Crippen molar-refractivity contribution in [2.45, 2.75) is 18.8 Å². The van der Waals surface area contributed by atoms with Gasteiger partial charge in [-0.2, -0.15) is 5.26 Å². The van der Waals surface area contributed by atoms with E-state index < -0.39 is 0 Å². The molecular formula is C14H14N2. The zero-order valence-corrected chi connectivity index (χ0v) is 9.16. The summed E-state index contributed by atoms with van der Waals surface area (Å²) in [5.41, 5.74) is 2.70. The van der Waals surface area contributed by atoms with Crippen LogP contribution < -0.4 is 5.32 Å². The minimum absolute atomic E-state index is 0.433. The van der Waals surface area contributed by atoms with Crippen LogP contribution in [0.2, 0.25) is 0 Å². The van der Waals surface area contributed by atoms with Crippen LogP contribution in [-0.2, 0) is 0 Å². The van der Waals surface area contributed by atoms with Gasteiger partial charge in [-0.25, -0.2) is 0 Å². The predicted octanol–water partition coefficient (Wildman–Crippen LogP) is 2.01. The normalized spacial score (nSPS) is 16.4. The molecule has 1 aliphatic rings. The van der Waals surface area contributed by atoms with Crippen LogP contribution in [0.15, 0.2) is 18.2 Å². The Balaban J connectivity index is 2.45. The summed E-state index contributed by atoms with van der Waals surface area (Å²) in [5.74, 6) is 3.13. The van der Waals surface area contributed by atoms with Crippen molar-refractivity contribution in [3.8, 4) is 18.4 Å². The van der Waals surface area contributed by atoms with E-state index in [2.05, 4.69) is 17.3 Å². The molecular weight excluding hydrogens is 196 g/mol. The molecule has 16 heavy (non-hydrogen) atoms. The van der Waals surface area contributed by atoms with Gasteiger partial charge in [0.15, 0.2) is 0 Å². The average Bonchev–Trinajstić information content (AvgIpc) is 2.38. The zero-order valence-electron chi connectivity index (χ0n) is 9.16. The van der Waals surface area contributed by atoms with Crippen molar-refractivity contribution in [2.75, 3.05) is 13.1 Å². The van der Waals surface area contributed by atoms with Crippen molar-refractivity contribution in [2.24, 2.45) is 0 Å². The number of rotatable bonds is 1. The minimum Gasteiger partial charge on any atom is -0.317 e. The molecule has 0 radical (unpaired) electrons. The molecule has 1 aromatic rings. The number of terminal acetylenes is 1. The fourth-order valence-electron chi connectivity index (χ4n) is 2.34. The van der Waals surface area contributed by atoms with E-state index in [-0.39, 0.29) is 0 Å². The first kappa shape index (κ1) is 10.7. The molecule has 1 N–H and O–H groups in total. The summed E-state index contributed by atoms with van der Waals surface area (Å²) in [7, 11) is 0. The van der Waals surface area contributed by atoms with Crippen LogP contribution in [-0.4, -0.2) is 13.1 Å². The van der Waals surface area contributed by atoms with Gasteiger partial charge in [0.1, 0.15) is 0 Å². The number of benzene rings is 1. The number of piperidine rings is 1. The fourth-order valence-corrected chi connectivity index (χ4v) is 2.34. The maximum atomic E-state index is 9.13. The Bertz CT molecular complexity index is 424. The Morgan fingerprint density at radius 2 is 1.94 bits per heavy atom. The van der Waals surface area contributed by atoms with E-state index in [9.17, 15) is 0 Å². The number of nitrogens with one attached hydrogen (secondary N) is 1. The molecule has 1 aromatic carbocycles. The molecule has 0 bridgehead atoms. The summed E-state index contributed by atoms with van der Waals surface area (Å²) in [5, 5.41) is 12.5. The molecule has 0 atom stereocenters. The smallest absolute Gasteiger partial charge is 0.0995 e. The molecule has 1 aliphatic heterocycles. The molecule has 0 amide bonds. The second-order valence-electron chi connectivity index (χ2n) is 4.05. The molecule has 0 aromatic heterocycles. The molecule has 0 spiro atoms. The molecule has 0 aliphatic carbocycles. The average molecular weight is 210 g/mol. The third kappa shape index (κ3) is 1.94. The minimum atomic E-state index is 0.433. The highest BCUT2D eigenvalue weighted by Crippen LogP contribution is 2.30. The van der Waals surface area contributed by atoms with Crippen molar-refractivity contribution < 1.29 is 0 Å². The first-order valence-electron chi connectivity index (χ1n) is 5.57. The van der Waals surface area contributed by atoms with Crippen LogP contribution in [0.3, 0.4) is 0 Å². The van der Waals surface area contributed by atoms with Gasteiger partial charge in [0, 0.05) is 5.56 Å². The van der Waals surface area contributed by atoms with Gasteiger partial charge in [-0.1, -0.05) is 12.0 Å². The summed E-state index contributed by atoms with van der Waals surface area (Å²) in [6.07, 6.45) is 7.63. The van der Waals surface area contributed by atoms with Crippen LogP contribution in [0.5, 0.6) is 0 Å². The van der Waals surface area contributed by atoms with Gasteiger partial charge in [-0.3, -0.25) is 0 Å². The number of nitriles is 1. The van der Waals surface area contributed by atoms with E-state index in [1.165, 1.54) is 0 Å². The van der Waals surface area contributed by atoms with Gasteiger partial charge in [-0.15, -0.1) is 6.42 Å². The van der Waals surface area contributed by atoms with Crippen molar-refractivity contribution in [3.05, 3.63) is 34.9 Å². The van der Waals surface area contributed by atoms with Gasteiger partial charge < -0.3 is 5.32 Å². The van der Waals surface area contributed by atoms with E-state index >= 15 is 0 Å². The monoisotopic (exact) mass is 210 g/mol. The topological polar surface area (TPSA) is 35.8 Å². The molecule has 2 nitrogen and oxygen atoms in total. The summed E-state index contributed by atoms with van der Waals surface area (Å²) < 4.78 is 0. The summed E-state index contributed by atoms with van der Waals surface area (Å²) in [6.45, 7) is 2.02. The third-order valence-electron chi connectivity index (χ3n) is 3.13. The van der Waals surface area contributed by atoms with Gasteiger partial charge in [0.2, 0.25) is 0 Å². The maximum Gasteiger partial charge on any atom is 0.0995 e. The number of nitrogens with zero attached hydrogens (tertiary/aromatic N) is 1. The van der Waals surface area contributed by atoms with Gasteiger partial charge in [-0.05, 0) is 49.5 Å². The van der Waals surface area contributed by atoms with Crippen molar-refractivity contribution in [1.82, 2.24) is 5.32 Å². The molecule has 80 valence electrons. The zero-order chi connectivity index (χ0) is 11.4. The maximum absolute atomic E-state index is 9.13. The van der Waals surface area contributed by atoms with Crippen LogP contribution >= 0.6 is 0 Å². The first-order chi connectivity index (χ1) is 7.86. The lowest BCUT2D eigenvalue weighted by Gasteiger charge is -2.24. The second kappa shape index (κ2) is 4.84. The number of hydrogen-bond acceptors (Lipinski definition) is 2. The highest BCUT2D eigenvalue weighted by Gasteiger charge is 2.20. The molecule has 1 heterocycles. The summed E-state index contributed by atoms with van der Waals surface area (Å²) in [6, 6.07) is 7.90. The predicted molar refractivity (Wildman–Crippen MR) is 63.9 cm³/mol. The van der Waals surface area contributed by atoms with Crippen LogP contribution in [0.1, 0.15) is 35.4 Å². The van der Waals surface area contributed by atoms with E-state index in [0.29, 0.717) is 5.92 Å². The lowest BCUT2D eigenvalue weighted by Crippen LogP contribution is -2.27. The highest BCUT2D eigenvalue weighted by atomic mass is 14.9. The third-order valence-corrected chi connectivity index (χ3v) is 3.13. The lowest BCUT2D eigenvalue weighted by molar-refractivity contribution is 0.459. The quantitative estimate of drug-likeness (QED) is 0.720. The fraction of sp³-hybridized carbons (Fsp3) is 0.357. The summed E-state index contributed by atoms with van der Waals surface area (Å²) >= 11 is 0. The molecule has 0 unspecified atom stereocenters. The van der Waals surface area contributed by atoms with Crippen molar-refractivity contribution >= 4 is 0 Å². The SMILES string of the molecule is C#Cc1cccc(C#N)c1C1CCNCC1. The number of hydrogen-bond donors (Lipinski definition) is 1. The Morgan fingerprint density at radius 3 is 2.56 bits per heavy atom. The van der Waals surface area contributed by atoms with Crippen molar-refractivity contribution in [3.63, 3.8) is 0 Å². The van der Waals surface area contributed by atoms with Crippen LogP contribution in [0.4, 0.5) is 0 Å². The van der Waals surface area contributed by atoms with E-state index in [1.807, 2.05) is 18.2 Å². The van der Waals surface area contributed by atoms with Crippen LogP contribution in [0, 0.1) is 23.7 Å². The second-order valence-corrected chi connectivity index (χ2v) is 4.05. The lowest BCUT2D eigenvalue weighted by atomic mass is 9.84. The standard InChI is InChI=1S/C14H14N2/c1-2-11-4-3-5-13(10-15)14(11)12-6-8-16-9-7-12/h1,3-5,12,16H,6-9H2. The molecule has 2 rings (SSSR count). The summed E-state index contributed by atoms with van der Waals surface area (Å²) in [4.78, 5) is 0. The van der Waals surface area contributed by atoms with Crippen molar-refractivity contribution in [1.29, 1.82) is 5.26 Å². The first-order valence-corrected chi connectivity index (χ1v) is 5.57. The molecule has 2 heteroatoms.